The molecule has 4 heterocycles. The highest BCUT2D eigenvalue weighted by Gasteiger charge is 2.23. The number of para-hydroxylation sites is 4. The molecule has 0 atom stereocenters. The first-order valence-electron chi connectivity index (χ1n) is 19.8. The van der Waals surface area contributed by atoms with E-state index in [4.69, 9.17) is 8.83 Å². The second-order valence-electron chi connectivity index (χ2n) is 15.9. The van der Waals surface area contributed by atoms with Crippen LogP contribution in [0.1, 0.15) is 25.3 Å². The Hall–Kier alpha value is -7.30. The molecule has 4 heteroatoms. The first-order chi connectivity index (χ1) is 28.1. The Labute approximate surface area is 326 Å². The number of aromatic nitrogens is 2. The second kappa shape index (κ2) is 11.1. The van der Waals surface area contributed by atoms with Gasteiger partial charge in [-0.25, -0.2) is 0 Å². The zero-order valence-corrected chi connectivity index (χ0v) is 31.4. The number of fused-ring (bicyclic) bond motifs is 14. The van der Waals surface area contributed by atoms with Crippen molar-refractivity contribution < 1.29 is 8.83 Å². The van der Waals surface area contributed by atoms with E-state index in [0.29, 0.717) is 0 Å². The molecule has 13 rings (SSSR count). The van der Waals surface area contributed by atoms with Gasteiger partial charge in [0.1, 0.15) is 22.3 Å². The van der Waals surface area contributed by atoms with Gasteiger partial charge in [0.2, 0.25) is 0 Å². The summed E-state index contributed by atoms with van der Waals surface area (Å²) in [6.07, 6.45) is 0. The molecule has 0 unspecified atom stereocenters. The molecule has 0 aliphatic rings. The van der Waals surface area contributed by atoms with E-state index in [1.807, 2.05) is 0 Å². The van der Waals surface area contributed by atoms with Crippen LogP contribution >= 0.6 is 0 Å². The van der Waals surface area contributed by atoms with Crippen molar-refractivity contribution >= 4 is 109 Å². The van der Waals surface area contributed by atoms with Crippen molar-refractivity contribution in [3.05, 3.63) is 169 Å². The van der Waals surface area contributed by atoms with Crippen molar-refractivity contribution in [2.45, 2.75) is 19.8 Å². The molecule has 57 heavy (non-hydrogen) atoms. The van der Waals surface area contributed by atoms with E-state index < -0.39 is 0 Å². The maximum Gasteiger partial charge on any atom is 0.139 e. The van der Waals surface area contributed by atoms with Crippen LogP contribution in [-0.2, 0) is 0 Å². The monoisotopic (exact) mass is 730 g/mol. The molecule has 0 aliphatic carbocycles. The third-order valence-corrected chi connectivity index (χ3v) is 12.4. The van der Waals surface area contributed by atoms with E-state index >= 15 is 0 Å². The molecule has 0 fully saturated rings. The Morgan fingerprint density at radius 3 is 1.32 bits per heavy atom. The highest BCUT2D eigenvalue weighted by molar-refractivity contribution is 6.20. The SMILES string of the molecule is CC(C)c1c2oc3cc4cc(-n5c6ccccc6c6ccccc65)ccc4cc3c2cc2oc3cc4cc(-n5c6ccccc6c6ccccc65)ccc4cc3c12. The number of furan rings is 2. The first kappa shape index (κ1) is 31.0. The van der Waals surface area contributed by atoms with Crippen LogP contribution < -0.4 is 0 Å². The van der Waals surface area contributed by atoms with Crippen molar-refractivity contribution in [2.75, 3.05) is 0 Å². The van der Waals surface area contributed by atoms with E-state index in [-0.39, 0.29) is 5.92 Å². The van der Waals surface area contributed by atoms with Gasteiger partial charge in [-0.2, -0.15) is 0 Å². The molecule has 0 amide bonds. The molecule has 13 aromatic rings. The average molecular weight is 731 g/mol. The lowest BCUT2D eigenvalue weighted by Gasteiger charge is -2.10. The van der Waals surface area contributed by atoms with Crippen molar-refractivity contribution in [1.82, 2.24) is 9.13 Å². The highest BCUT2D eigenvalue weighted by atomic mass is 16.3. The number of nitrogens with zero attached hydrogens (tertiary/aromatic N) is 2. The molecule has 4 aromatic heterocycles. The molecule has 0 N–H and O–H groups in total. The molecule has 0 bridgehead atoms. The summed E-state index contributed by atoms with van der Waals surface area (Å²) in [6.45, 7) is 4.52. The van der Waals surface area contributed by atoms with Gasteiger partial charge < -0.3 is 18.0 Å². The van der Waals surface area contributed by atoms with E-state index in [1.54, 1.807) is 0 Å². The quantitative estimate of drug-likeness (QED) is 0.181. The predicted molar refractivity (Wildman–Crippen MR) is 239 cm³/mol. The summed E-state index contributed by atoms with van der Waals surface area (Å²) in [5.74, 6) is 0.210. The molecule has 0 aliphatic heterocycles. The average Bonchev–Trinajstić information content (AvgIpc) is 3.98. The largest absolute Gasteiger partial charge is 0.456 e. The van der Waals surface area contributed by atoms with Crippen molar-refractivity contribution in [1.29, 1.82) is 0 Å². The molecule has 4 nitrogen and oxygen atoms in total. The second-order valence-corrected chi connectivity index (χ2v) is 15.9. The Morgan fingerprint density at radius 2 is 0.825 bits per heavy atom. The predicted octanol–water partition coefficient (Wildman–Crippen LogP) is 15.1. The maximum atomic E-state index is 6.91. The van der Waals surface area contributed by atoms with Crippen molar-refractivity contribution in [3.63, 3.8) is 0 Å². The molecule has 0 saturated carbocycles. The zero-order chi connectivity index (χ0) is 37.5. The van der Waals surface area contributed by atoms with Crippen LogP contribution in [0.2, 0.25) is 0 Å². The molecular formula is C53H34N2O2. The Kier molecular flexibility index (Phi) is 6.06. The normalized spacial score (nSPS) is 12.5. The van der Waals surface area contributed by atoms with Gasteiger partial charge in [0.25, 0.3) is 0 Å². The van der Waals surface area contributed by atoms with E-state index in [0.717, 1.165) is 66.0 Å². The molecule has 0 radical (unpaired) electrons. The van der Waals surface area contributed by atoms with Crippen LogP contribution in [0.5, 0.6) is 0 Å². The van der Waals surface area contributed by atoms with Gasteiger partial charge in [0.05, 0.1) is 22.1 Å². The fraction of sp³-hybridized carbons (Fsp3) is 0.0566. The maximum absolute atomic E-state index is 6.91. The minimum absolute atomic E-state index is 0.210. The topological polar surface area (TPSA) is 36.1 Å². The van der Waals surface area contributed by atoms with Crippen molar-refractivity contribution in [2.24, 2.45) is 0 Å². The fourth-order valence-electron chi connectivity index (χ4n) is 9.89. The summed E-state index contributed by atoms with van der Waals surface area (Å²) >= 11 is 0. The third-order valence-electron chi connectivity index (χ3n) is 12.4. The smallest absolute Gasteiger partial charge is 0.139 e. The first-order valence-corrected chi connectivity index (χ1v) is 19.8. The van der Waals surface area contributed by atoms with Gasteiger partial charge in [-0.05, 0) is 106 Å². The Balaban J connectivity index is 0.993. The van der Waals surface area contributed by atoms with Gasteiger partial charge in [-0.15, -0.1) is 0 Å². The minimum atomic E-state index is 0.210. The lowest BCUT2D eigenvalue weighted by Crippen LogP contribution is -1.93. The molecular weight excluding hydrogens is 697 g/mol. The summed E-state index contributed by atoms with van der Waals surface area (Å²) in [5.41, 5.74) is 11.9. The van der Waals surface area contributed by atoms with Crippen LogP contribution in [0, 0.1) is 0 Å². The van der Waals surface area contributed by atoms with Gasteiger partial charge in [0.15, 0.2) is 0 Å². The number of benzene rings is 9. The molecule has 0 spiro atoms. The highest BCUT2D eigenvalue weighted by Crippen LogP contribution is 2.45. The fourth-order valence-corrected chi connectivity index (χ4v) is 9.89. The van der Waals surface area contributed by atoms with E-state index in [1.165, 1.54) is 59.9 Å². The third kappa shape index (κ3) is 4.22. The lowest BCUT2D eigenvalue weighted by molar-refractivity contribution is 0.655. The van der Waals surface area contributed by atoms with E-state index in [9.17, 15) is 0 Å². The number of rotatable bonds is 3. The van der Waals surface area contributed by atoms with Crippen LogP contribution in [0.4, 0.5) is 0 Å². The van der Waals surface area contributed by atoms with Gasteiger partial charge in [-0.1, -0.05) is 98.8 Å². The molecule has 0 saturated heterocycles. The van der Waals surface area contributed by atoms with Crippen molar-refractivity contribution in [3.8, 4) is 11.4 Å². The summed E-state index contributed by atoms with van der Waals surface area (Å²) in [6, 6.07) is 59.4. The molecule has 9 aromatic carbocycles. The standard InChI is InChI=1S/C53H34N2O2/c1-30(2)51-52-43-26-32-20-22-36(55-46-17-9-5-13-39(46)40-14-6-10-18-47(40)55)24-34(32)28-49(43)56-50(52)29-42-41-25-31-19-21-35(23-33(31)27-48(41)57-53(42)51)54-44-15-7-3-11-37(44)38-12-4-8-16-45(38)54/h3-30H,1-2H3. The summed E-state index contributed by atoms with van der Waals surface area (Å²) in [5, 5.41) is 14.1. The van der Waals surface area contributed by atoms with Gasteiger partial charge in [-0.3, -0.25) is 0 Å². The number of hydrogen-bond donors (Lipinski definition) is 0. The lowest BCUT2D eigenvalue weighted by atomic mass is 9.93. The Morgan fingerprint density at radius 1 is 0.368 bits per heavy atom. The summed E-state index contributed by atoms with van der Waals surface area (Å²) in [4.78, 5) is 0. The van der Waals surface area contributed by atoms with E-state index in [2.05, 4.69) is 187 Å². The summed E-state index contributed by atoms with van der Waals surface area (Å²) < 4.78 is 18.5. The molecule has 268 valence electrons. The summed E-state index contributed by atoms with van der Waals surface area (Å²) in [7, 11) is 0. The van der Waals surface area contributed by atoms with Gasteiger partial charge in [0, 0.05) is 60.0 Å². The Bertz CT molecular complexity index is 3610. The minimum Gasteiger partial charge on any atom is -0.456 e. The zero-order valence-electron chi connectivity index (χ0n) is 31.4. The number of hydrogen-bond acceptors (Lipinski definition) is 2. The van der Waals surface area contributed by atoms with Crippen LogP contribution in [-0.4, -0.2) is 9.13 Å². The van der Waals surface area contributed by atoms with Crippen LogP contribution in [0.15, 0.2) is 173 Å². The van der Waals surface area contributed by atoms with Crippen LogP contribution in [0.3, 0.4) is 0 Å². The van der Waals surface area contributed by atoms with Crippen LogP contribution in [0.25, 0.3) is 120 Å². The van der Waals surface area contributed by atoms with Gasteiger partial charge >= 0.3 is 0 Å².